The Hall–Kier alpha value is -2.92. The van der Waals surface area contributed by atoms with Crippen LogP contribution in [0.2, 0.25) is 0 Å². The second kappa shape index (κ2) is 8.08. The molecule has 1 N–H and O–H groups in total. The lowest BCUT2D eigenvalue weighted by Gasteiger charge is -2.08. The Labute approximate surface area is 142 Å². The van der Waals surface area contributed by atoms with Crippen LogP contribution in [0, 0.1) is 18.3 Å². The molecule has 1 aromatic carbocycles. The predicted octanol–water partition coefficient (Wildman–Crippen LogP) is 1.66. The van der Waals surface area contributed by atoms with Crippen LogP contribution in [0.1, 0.15) is 17.7 Å². The highest BCUT2D eigenvalue weighted by Crippen LogP contribution is 2.13. The van der Waals surface area contributed by atoms with Gasteiger partial charge in [0.15, 0.2) is 6.61 Å². The first-order valence-electron chi connectivity index (χ1n) is 7.11. The Balaban J connectivity index is 1.80. The molecule has 0 unspecified atom stereocenters. The van der Waals surface area contributed by atoms with E-state index in [1.807, 2.05) is 6.07 Å². The minimum atomic E-state index is -0.573. The average Bonchev–Trinajstić information content (AvgIpc) is 2.90. The number of esters is 1. The summed E-state index contributed by atoms with van der Waals surface area (Å²) in [6, 6.07) is 8.48. The molecule has 1 aromatic heterocycles. The molecule has 8 heteroatoms. The second-order valence-corrected chi connectivity index (χ2v) is 5.73. The van der Waals surface area contributed by atoms with Crippen LogP contribution in [-0.2, 0) is 20.9 Å². The molecule has 2 rings (SSSR count). The molecular weight excluding hydrogens is 330 g/mol. The number of amides is 1. The van der Waals surface area contributed by atoms with Gasteiger partial charge in [-0.2, -0.15) is 5.26 Å². The number of hydrogen-bond acceptors (Lipinski definition) is 6. The molecule has 0 saturated carbocycles. The second-order valence-electron chi connectivity index (χ2n) is 4.91. The molecule has 0 radical (unpaired) electrons. The van der Waals surface area contributed by atoms with Crippen molar-refractivity contribution in [2.24, 2.45) is 0 Å². The van der Waals surface area contributed by atoms with E-state index in [0.29, 0.717) is 11.3 Å². The summed E-state index contributed by atoms with van der Waals surface area (Å²) in [7, 11) is 0. The molecule has 0 spiro atoms. The van der Waals surface area contributed by atoms with E-state index >= 15 is 0 Å². The molecule has 1 heterocycles. The maximum absolute atomic E-state index is 11.8. The minimum absolute atomic E-state index is 0.000454. The van der Waals surface area contributed by atoms with Gasteiger partial charge in [-0.05, 0) is 19.1 Å². The van der Waals surface area contributed by atoms with Crippen LogP contribution in [0.4, 0.5) is 5.69 Å². The van der Waals surface area contributed by atoms with Crippen LogP contribution in [0.3, 0.4) is 0 Å². The van der Waals surface area contributed by atoms with E-state index in [-0.39, 0.29) is 17.8 Å². The number of ether oxygens (including phenoxy) is 1. The molecule has 0 saturated heterocycles. The topological polar surface area (TPSA) is 101 Å². The Morgan fingerprint density at radius 2 is 2.12 bits per heavy atom. The van der Waals surface area contributed by atoms with Crippen molar-refractivity contribution >= 4 is 28.9 Å². The van der Waals surface area contributed by atoms with E-state index < -0.39 is 18.5 Å². The molecule has 124 valence electrons. The summed E-state index contributed by atoms with van der Waals surface area (Å²) < 4.78 is 6.36. The molecule has 0 aliphatic heterocycles. The number of carbonyl (C=O) groups excluding carboxylic acids is 2. The minimum Gasteiger partial charge on any atom is -0.456 e. The molecule has 1 amide bonds. The average molecular weight is 345 g/mol. The Bertz CT molecular complexity index is 847. The summed E-state index contributed by atoms with van der Waals surface area (Å²) in [6.07, 6.45) is -0.000454. The zero-order valence-corrected chi connectivity index (χ0v) is 13.8. The summed E-state index contributed by atoms with van der Waals surface area (Å²) >= 11 is 1.07. The number of aryl methyl sites for hydroxylation is 1. The van der Waals surface area contributed by atoms with Gasteiger partial charge in [0.1, 0.15) is 6.07 Å². The van der Waals surface area contributed by atoms with Gasteiger partial charge in [-0.15, -0.1) is 0 Å². The van der Waals surface area contributed by atoms with Gasteiger partial charge in [0, 0.05) is 17.6 Å². The molecule has 0 aliphatic rings. The number of nitrogens with zero attached hydrogens (tertiary/aromatic N) is 2. The number of thiazole rings is 1. The van der Waals surface area contributed by atoms with Crippen molar-refractivity contribution < 1.29 is 14.3 Å². The Morgan fingerprint density at radius 1 is 1.38 bits per heavy atom. The number of hydrogen-bond donors (Lipinski definition) is 1. The number of nitriles is 1. The van der Waals surface area contributed by atoms with Gasteiger partial charge >= 0.3 is 10.8 Å². The summed E-state index contributed by atoms with van der Waals surface area (Å²) in [5, 5.41) is 13.2. The van der Waals surface area contributed by atoms with E-state index in [4.69, 9.17) is 10.00 Å². The number of anilines is 1. The molecular formula is C16H15N3O4S. The van der Waals surface area contributed by atoms with Crippen molar-refractivity contribution in [3.05, 3.63) is 50.6 Å². The third-order valence-electron chi connectivity index (χ3n) is 3.20. The van der Waals surface area contributed by atoms with Crippen LogP contribution in [-0.4, -0.2) is 23.1 Å². The lowest BCUT2D eigenvalue weighted by atomic mass is 10.2. The smallest absolute Gasteiger partial charge is 0.308 e. The summed E-state index contributed by atoms with van der Waals surface area (Å²) in [5.41, 5.74) is 1.47. The van der Waals surface area contributed by atoms with E-state index in [1.165, 1.54) is 4.57 Å². The SMILES string of the molecule is Cc1csc(=O)n1CCC(=O)OCC(=O)Nc1ccccc1C#N. The fourth-order valence-electron chi connectivity index (χ4n) is 1.97. The first kappa shape index (κ1) is 17.4. The third-order valence-corrected chi connectivity index (χ3v) is 4.08. The molecule has 0 bridgehead atoms. The number of carbonyl (C=O) groups is 2. The summed E-state index contributed by atoms with van der Waals surface area (Å²) in [5.74, 6) is -1.11. The van der Waals surface area contributed by atoms with E-state index in [9.17, 15) is 14.4 Å². The van der Waals surface area contributed by atoms with Crippen molar-refractivity contribution in [3.8, 4) is 6.07 Å². The highest BCUT2D eigenvalue weighted by molar-refractivity contribution is 7.07. The van der Waals surface area contributed by atoms with Crippen LogP contribution >= 0.6 is 11.3 Å². The molecule has 7 nitrogen and oxygen atoms in total. The highest BCUT2D eigenvalue weighted by Gasteiger charge is 2.11. The van der Waals surface area contributed by atoms with Crippen molar-refractivity contribution in [1.29, 1.82) is 5.26 Å². The highest BCUT2D eigenvalue weighted by atomic mass is 32.1. The van der Waals surface area contributed by atoms with Gasteiger partial charge in [-0.25, -0.2) is 0 Å². The predicted molar refractivity (Wildman–Crippen MR) is 88.7 cm³/mol. The molecule has 0 aliphatic carbocycles. The molecule has 0 fully saturated rings. The van der Waals surface area contributed by atoms with Gasteiger partial charge in [-0.3, -0.25) is 14.4 Å². The zero-order valence-electron chi connectivity index (χ0n) is 12.9. The van der Waals surface area contributed by atoms with Crippen molar-refractivity contribution in [2.45, 2.75) is 19.9 Å². The van der Waals surface area contributed by atoms with Crippen LogP contribution in [0.5, 0.6) is 0 Å². The molecule has 2 aromatic rings. The van der Waals surface area contributed by atoms with Crippen LogP contribution in [0.15, 0.2) is 34.4 Å². The number of benzene rings is 1. The van der Waals surface area contributed by atoms with Gasteiger partial charge in [0.05, 0.1) is 17.7 Å². The van der Waals surface area contributed by atoms with Crippen LogP contribution < -0.4 is 10.2 Å². The fourth-order valence-corrected chi connectivity index (χ4v) is 2.73. The summed E-state index contributed by atoms with van der Waals surface area (Å²) in [4.78, 5) is 34.8. The lowest BCUT2D eigenvalue weighted by molar-refractivity contribution is -0.147. The Kier molecular flexibility index (Phi) is 5.87. The van der Waals surface area contributed by atoms with Gasteiger partial charge in [0.2, 0.25) is 0 Å². The summed E-state index contributed by atoms with van der Waals surface area (Å²) in [6.45, 7) is 1.55. The quantitative estimate of drug-likeness (QED) is 0.802. The number of nitrogens with one attached hydrogen (secondary N) is 1. The zero-order chi connectivity index (χ0) is 17.5. The van der Waals surface area contributed by atoms with Crippen LogP contribution in [0.25, 0.3) is 0 Å². The van der Waals surface area contributed by atoms with Gasteiger partial charge in [0.25, 0.3) is 5.91 Å². The van der Waals surface area contributed by atoms with Crippen molar-refractivity contribution in [3.63, 3.8) is 0 Å². The number of rotatable bonds is 6. The largest absolute Gasteiger partial charge is 0.456 e. The lowest BCUT2D eigenvalue weighted by Crippen LogP contribution is -2.23. The maximum Gasteiger partial charge on any atom is 0.308 e. The number of aromatic nitrogens is 1. The maximum atomic E-state index is 11.8. The van der Waals surface area contributed by atoms with Crippen molar-refractivity contribution in [2.75, 3.05) is 11.9 Å². The fraction of sp³-hybridized carbons (Fsp3) is 0.250. The van der Waals surface area contributed by atoms with Crippen molar-refractivity contribution in [1.82, 2.24) is 4.57 Å². The monoisotopic (exact) mass is 345 g/mol. The molecule has 0 atom stereocenters. The van der Waals surface area contributed by atoms with Gasteiger partial charge in [-0.1, -0.05) is 23.5 Å². The van der Waals surface area contributed by atoms with E-state index in [2.05, 4.69) is 5.32 Å². The van der Waals surface area contributed by atoms with E-state index in [1.54, 1.807) is 36.6 Å². The Morgan fingerprint density at radius 3 is 2.79 bits per heavy atom. The molecule has 24 heavy (non-hydrogen) atoms. The van der Waals surface area contributed by atoms with Gasteiger partial charge < -0.3 is 14.6 Å². The first-order valence-corrected chi connectivity index (χ1v) is 7.98. The third kappa shape index (κ3) is 4.54. The standard InChI is InChI=1S/C16H15N3O4S/c1-11-10-24-16(22)19(11)7-6-15(21)23-9-14(20)18-13-5-3-2-4-12(13)8-17/h2-5,10H,6-7,9H2,1H3,(H,18,20). The normalized spacial score (nSPS) is 10.0. The van der Waals surface area contributed by atoms with E-state index in [0.717, 1.165) is 17.0 Å². The first-order chi connectivity index (χ1) is 11.5. The number of para-hydroxylation sites is 1.